The van der Waals surface area contributed by atoms with Crippen LogP contribution in [0.1, 0.15) is 24.4 Å². The molecule has 37 heavy (non-hydrogen) atoms. The summed E-state index contributed by atoms with van der Waals surface area (Å²) in [5, 5.41) is 6.80. The molecule has 10 nitrogen and oxygen atoms in total. The molecular formula is C26H32N4O6S. The number of benzene rings is 2. The number of fused-ring (bicyclic) bond motifs is 1. The van der Waals surface area contributed by atoms with Crippen LogP contribution in [-0.2, 0) is 29.1 Å². The Morgan fingerprint density at radius 3 is 2.43 bits per heavy atom. The largest absolute Gasteiger partial charge is 0.468 e. The lowest BCUT2D eigenvalue weighted by Gasteiger charge is -2.39. The van der Waals surface area contributed by atoms with E-state index in [0.29, 0.717) is 25.9 Å². The molecule has 2 amide bonds. The number of nitrogens with zero attached hydrogens (tertiary/aromatic N) is 2. The summed E-state index contributed by atoms with van der Waals surface area (Å²) < 4.78 is 31.4. The van der Waals surface area contributed by atoms with E-state index in [0.717, 1.165) is 26.9 Å². The highest BCUT2D eigenvalue weighted by atomic mass is 32.2. The standard InChI is InChI=1S/C26H32N4O6S/c1-4-14-27-23(31)17-28-24(32)18-30(37(3,34)35)20-12-15-29(16-13-20)25(26(33)36-2)22-11-7-9-19-8-5-6-10-21(19)22/h1,5-11,20,25H,12-18H2,2-3H3,(H,27,31)(H,28,32). The first-order chi connectivity index (χ1) is 17.7. The summed E-state index contributed by atoms with van der Waals surface area (Å²) in [6.07, 6.45) is 6.98. The minimum absolute atomic E-state index is 0.0358. The molecule has 0 bridgehead atoms. The summed E-state index contributed by atoms with van der Waals surface area (Å²) >= 11 is 0. The van der Waals surface area contributed by atoms with Crippen LogP contribution in [0.4, 0.5) is 0 Å². The smallest absolute Gasteiger partial charge is 0.327 e. The third kappa shape index (κ3) is 7.29. The zero-order chi connectivity index (χ0) is 27.0. The lowest BCUT2D eigenvalue weighted by molar-refractivity contribution is -0.148. The van der Waals surface area contributed by atoms with Crippen LogP contribution in [0.2, 0.25) is 0 Å². The number of rotatable bonds is 10. The summed E-state index contributed by atoms with van der Waals surface area (Å²) in [4.78, 5) is 39.0. The summed E-state index contributed by atoms with van der Waals surface area (Å²) in [6.45, 7) is 0.178. The molecule has 1 aliphatic rings. The van der Waals surface area contributed by atoms with Gasteiger partial charge >= 0.3 is 5.97 Å². The zero-order valence-electron chi connectivity index (χ0n) is 21.0. The first-order valence-corrected chi connectivity index (χ1v) is 13.7. The minimum atomic E-state index is -3.72. The molecule has 2 aromatic rings. The maximum Gasteiger partial charge on any atom is 0.327 e. The fourth-order valence-electron chi connectivity index (χ4n) is 4.61. The van der Waals surface area contributed by atoms with E-state index in [-0.39, 0.29) is 13.1 Å². The molecule has 1 fully saturated rings. The van der Waals surface area contributed by atoms with Gasteiger partial charge in [0.15, 0.2) is 0 Å². The normalized spacial score (nSPS) is 15.6. The molecule has 1 unspecified atom stereocenters. The number of likely N-dealkylation sites (tertiary alicyclic amines) is 1. The van der Waals surface area contributed by atoms with E-state index in [4.69, 9.17) is 11.2 Å². The van der Waals surface area contributed by atoms with Gasteiger partial charge in [0.1, 0.15) is 6.04 Å². The maximum absolute atomic E-state index is 12.9. The first kappa shape index (κ1) is 28.1. The van der Waals surface area contributed by atoms with Gasteiger partial charge in [-0.1, -0.05) is 48.4 Å². The summed E-state index contributed by atoms with van der Waals surface area (Å²) in [6, 6.07) is 12.5. The molecule has 2 N–H and O–H groups in total. The average Bonchev–Trinajstić information content (AvgIpc) is 2.89. The van der Waals surface area contributed by atoms with Crippen molar-refractivity contribution >= 4 is 38.6 Å². The van der Waals surface area contributed by atoms with Gasteiger partial charge in [-0.25, -0.2) is 13.2 Å². The molecule has 1 atom stereocenters. The van der Waals surface area contributed by atoms with Gasteiger partial charge in [-0.05, 0) is 29.2 Å². The SMILES string of the molecule is C#CCNC(=O)CNC(=O)CN(C1CCN(C(C(=O)OC)c2cccc3ccccc23)CC1)S(C)(=O)=O. The van der Waals surface area contributed by atoms with Crippen LogP contribution in [0, 0.1) is 12.3 Å². The van der Waals surface area contributed by atoms with Gasteiger partial charge in [0.05, 0.1) is 33.0 Å². The highest BCUT2D eigenvalue weighted by Gasteiger charge is 2.37. The topological polar surface area (TPSA) is 125 Å². The number of carbonyl (C=O) groups excluding carboxylic acids is 3. The molecule has 2 aromatic carbocycles. The van der Waals surface area contributed by atoms with Crippen LogP contribution in [-0.4, -0.2) is 87.5 Å². The van der Waals surface area contributed by atoms with Crippen LogP contribution in [0.5, 0.6) is 0 Å². The van der Waals surface area contributed by atoms with Crippen molar-refractivity contribution in [3.8, 4) is 12.3 Å². The average molecular weight is 529 g/mol. The first-order valence-electron chi connectivity index (χ1n) is 11.9. The number of hydrogen-bond acceptors (Lipinski definition) is 7. The Bertz CT molecular complexity index is 1280. The molecule has 198 valence electrons. The van der Waals surface area contributed by atoms with Crippen molar-refractivity contribution < 1.29 is 27.5 Å². The van der Waals surface area contributed by atoms with Crippen molar-refractivity contribution in [2.75, 3.05) is 46.1 Å². The molecule has 0 aromatic heterocycles. The number of nitrogens with one attached hydrogen (secondary N) is 2. The molecule has 1 heterocycles. The quantitative estimate of drug-likeness (QED) is 0.343. The molecule has 1 saturated heterocycles. The monoisotopic (exact) mass is 528 g/mol. The second-order valence-corrected chi connectivity index (χ2v) is 10.8. The summed E-state index contributed by atoms with van der Waals surface area (Å²) in [5.74, 6) is 0.810. The minimum Gasteiger partial charge on any atom is -0.468 e. The van der Waals surface area contributed by atoms with Gasteiger partial charge in [0, 0.05) is 19.1 Å². The number of amides is 2. The predicted octanol–water partition coefficient (Wildman–Crippen LogP) is 0.646. The van der Waals surface area contributed by atoms with E-state index in [9.17, 15) is 22.8 Å². The third-order valence-electron chi connectivity index (χ3n) is 6.37. The van der Waals surface area contributed by atoms with Crippen LogP contribution < -0.4 is 10.6 Å². The Kier molecular flexibility index (Phi) is 9.63. The molecule has 0 aliphatic carbocycles. The van der Waals surface area contributed by atoms with E-state index in [1.165, 1.54) is 7.11 Å². The van der Waals surface area contributed by atoms with E-state index < -0.39 is 46.4 Å². The summed E-state index contributed by atoms with van der Waals surface area (Å²) in [5.41, 5.74) is 0.825. The van der Waals surface area contributed by atoms with Gasteiger partial charge in [-0.2, -0.15) is 4.31 Å². The van der Waals surface area contributed by atoms with Crippen LogP contribution >= 0.6 is 0 Å². The molecule has 0 radical (unpaired) electrons. The maximum atomic E-state index is 12.9. The molecule has 1 aliphatic heterocycles. The molecule has 3 rings (SSSR count). The Morgan fingerprint density at radius 1 is 1.11 bits per heavy atom. The fraction of sp³-hybridized carbons (Fsp3) is 0.423. The zero-order valence-corrected chi connectivity index (χ0v) is 21.8. The highest BCUT2D eigenvalue weighted by molar-refractivity contribution is 7.88. The predicted molar refractivity (Wildman–Crippen MR) is 140 cm³/mol. The molecule has 0 saturated carbocycles. The second-order valence-electron chi connectivity index (χ2n) is 8.83. The number of piperidine rings is 1. The Balaban J connectivity index is 1.71. The van der Waals surface area contributed by atoms with Crippen molar-refractivity contribution in [3.63, 3.8) is 0 Å². The number of hydrogen-bond donors (Lipinski definition) is 2. The molecule has 11 heteroatoms. The number of carbonyl (C=O) groups is 3. The van der Waals surface area contributed by atoms with Gasteiger partial charge in [0.25, 0.3) is 0 Å². The Morgan fingerprint density at radius 2 is 1.78 bits per heavy atom. The van der Waals surface area contributed by atoms with Gasteiger partial charge in [0.2, 0.25) is 21.8 Å². The Hall–Kier alpha value is -3.46. The van der Waals surface area contributed by atoms with Gasteiger partial charge in [-0.3, -0.25) is 14.5 Å². The number of terminal acetylenes is 1. The van der Waals surface area contributed by atoms with Crippen LogP contribution in [0.3, 0.4) is 0 Å². The third-order valence-corrected chi connectivity index (χ3v) is 7.65. The molecule has 0 spiro atoms. The van der Waals surface area contributed by atoms with Crippen LogP contribution in [0.15, 0.2) is 42.5 Å². The van der Waals surface area contributed by atoms with E-state index in [2.05, 4.69) is 16.6 Å². The highest BCUT2D eigenvalue weighted by Crippen LogP contribution is 2.32. The number of esters is 1. The molecular weight excluding hydrogens is 496 g/mol. The summed E-state index contributed by atoms with van der Waals surface area (Å²) in [7, 11) is -2.37. The van der Waals surface area contributed by atoms with E-state index >= 15 is 0 Å². The van der Waals surface area contributed by atoms with Crippen molar-refractivity contribution in [2.24, 2.45) is 0 Å². The van der Waals surface area contributed by atoms with Gasteiger partial charge in [-0.15, -0.1) is 6.42 Å². The fourth-order valence-corrected chi connectivity index (χ4v) is 5.71. The number of ether oxygens (including phenoxy) is 1. The van der Waals surface area contributed by atoms with Gasteiger partial charge < -0.3 is 15.4 Å². The lowest BCUT2D eigenvalue weighted by Crippen LogP contribution is -2.52. The lowest BCUT2D eigenvalue weighted by atomic mass is 9.95. The second kappa shape index (κ2) is 12.7. The van der Waals surface area contributed by atoms with Crippen molar-refractivity contribution in [1.29, 1.82) is 0 Å². The number of methoxy groups -OCH3 is 1. The Labute approximate surface area is 217 Å². The van der Waals surface area contributed by atoms with Crippen molar-refractivity contribution in [1.82, 2.24) is 19.8 Å². The van der Waals surface area contributed by atoms with E-state index in [1.54, 1.807) is 0 Å². The van der Waals surface area contributed by atoms with Crippen molar-refractivity contribution in [3.05, 3.63) is 48.0 Å². The van der Waals surface area contributed by atoms with E-state index in [1.807, 2.05) is 47.4 Å². The van der Waals surface area contributed by atoms with Crippen LogP contribution in [0.25, 0.3) is 10.8 Å². The van der Waals surface area contributed by atoms with Crippen molar-refractivity contribution in [2.45, 2.75) is 24.9 Å². The number of sulfonamides is 1.